The maximum Gasteiger partial charge on any atom is 0.280 e. The number of hydrogen-bond donors (Lipinski definition) is 2. The number of rotatable bonds is 2. The molecule has 1 amide bonds. The lowest BCUT2D eigenvalue weighted by Crippen LogP contribution is -2.24. The van der Waals surface area contributed by atoms with Gasteiger partial charge in [0.15, 0.2) is 11.7 Å². The molecule has 0 bridgehead atoms. The monoisotopic (exact) mass is 277 g/mol. The molecule has 0 aliphatic carbocycles. The molecule has 4 N–H and O–H groups in total. The van der Waals surface area contributed by atoms with Crippen LogP contribution in [0.15, 0.2) is 22.0 Å². The highest BCUT2D eigenvalue weighted by Gasteiger charge is 2.21. The van der Waals surface area contributed by atoms with E-state index < -0.39 is 5.91 Å². The summed E-state index contributed by atoms with van der Waals surface area (Å²) in [4.78, 5) is 28.2. The van der Waals surface area contributed by atoms with E-state index in [9.17, 15) is 9.59 Å². The number of benzene rings is 1. The van der Waals surface area contributed by atoms with Gasteiger partial charge in [0.1, 0.15) is 0 Å². The van der Waals surface area contributed by atoms with Crippen LogP contribution in [-0.2, 0) is 6.42 Å². The zero-order chi connectivity index (χ0) is 14.0. The summed E-state index contributed by atoms with van der Waals surface area (Å²) in [5.41, 5.74) is 12.4. The van der Waals surface area contributed by atoms with Gasteiger partial charge < -0.3 is 11.5 Å². The lowest BCUT2D eigenvalue weighted by atomic mass is 9.98. The summed E-state index contributed by atoms with van der Waals surface area (Å²) in [6.07, 6.45) is 1.19. The molecule has 0 saturated carbocycles. The molecule has 19 heavy (non-hydrogen) atoms. The minimum absolute atomic E-state index is 0.129. The summed E-state index contributed by atoms with van der Waals surface area (Å²) in [5.74, 6) is 0.156. The smallest absolute Gasteiger partial charge is 0.280 e. The number of aryl methyl sites for hydroxylation is 1. The summed E-state index contributed by atoms with van der Waals surface area (Å²) in [6, 6.07) is 3.52. The molecule has 0 radical (unpaired) electrons. The molecule has 1 aromatic carbocycles. The highest BCUT2D eigenvalue weighted by Crippen LogP contribution is 2.32. The maximum absolute atomic E-state index is 12.0. The van der Waals surface area contributed by atoms with Crippen molar-refractivity contribution in [2.45, 2.75) is 24.7 Å². The van der Waals surface area contributed by atoms with Crippen molar-refractivity contribution in [3.8, 4) is 0 Å². The van der Waals surface area contributed by atoms with E-state index in [4.69, 9.17) is 11.5 Å². The second kappa shape index (κ2) is 5.44. The molecule has 5 nitrogen and oxygen atoms in total. The molecule has 0 atom stereocenters. The number of hydrogen-bond acceptors (Lipinski definition) is 3. The Hall–Kier alpha value is -1.82. The highest BCUT2D eigenvalue weighted by molar-refractivity contribution is 7.99. The van der Waals surface area contributed by atoms with Crippen molar-refractivity contribution in [1.82, 2.24) is 0 Å². The van der Waals surface area contributed by atoms with Crippen LogP contribution in [0.2, 0.25) is 0 Å². The van der Waals surface area contributed by atoms with Crippen LogP contribution in [0.1, 0.15) is 39.6 Å². The van der Waals surface area contributed by atoms with Gasteiger partial charge in [-0.2, -0.15) is 4.99 Å². The number of thioether (sulfide) groups is 1. The number of amides is 1. The first-order valence-electron chi connectivity index (χ1n) is 5.99. The first-order chi connectivity index (χ1) is 9.02. The highest BCUT2D eigenvalue weighted by atomic mass is 32.2. The number of nitrogens with zero attached hydrogens (tertiary/aromatic N) is 1. The second-order valence-electron chi connectivity index (χ2n) is 4.22. The van der Waals surface area contributed by atoms with Crippen LogP contribution >= 0.6 is 11.8 Å². The number of carbonyl (C=O) groups excluding carboxylic acids is 2. The first kappa shape index (κ1) is 13.6. The minimum atomic E-state index is -0.460. The first-order valence-corrected chi connectivity index (χ1v) is 6.98. The molecule has 0 aromatic heterocycles. The average Bonchev–Trinajstić information content (AvgIpc) is 2.37. The number of Topliss-reactive ketones (excluding diaryl/α,β-unsaturated/α-hetero) is 1. The van der Waals surface area contributed by atoms with E-state index in [1.165, 1.54) is 0 Å². The predicted molar refractivity (Wildman–Crippen MR) is 75.6 cm³/mol. The summed E-state index contributed by atoms with van der Waals surface area (Å²) in [5, 5.41) is 0. The molecule has 0 fully saturated rings. The van der Waals surface area contributed by atoms with Crippen molar-refractivity contribution in [1.29, 1.82) is 0 Å². The van der Waals surface area contributed by atoms with Gasteiger partial charge in [-0.3, -0.25) is 9.59 Å². The van der Waals surface area contributed by atoms with Gasteiger partial charge in [0.05, 0.1) is 0 Å². The maximum atomic E-state index is 12.0. The second-order valence-corrected chi connectivity index (χ2v) is 5.36. The molecule has 100 valence electrons. The SMILES string of the molecule is CCc1cc2c(cc1C(=O)N=C(N)N)SCCC2=O. The van der Waals surface area contributed by atoms with E-state index in [-0.39, 0.29) is 11.7 Å². The van der Waals surface area contributed by atoms with Gasteiger partial charge >= 0.3 is 0 Å². The van der Waals surface area contributed by atoms with Crippen molar-refractivity contribution < 1.29 is 9.59 Å². The van der Waals surface area contributed by atoms with E-state index in [2.05, 4.69) is 4.99 Å². The Morgan fingerprint density at radius 2 is 2.16 bits per heavy atom. The van der Waals surface area contributed by atoms with Crippen LogP contribution in [-0.4, -0.2) is 23.4 Å². The summed E-state index contributed by atoms with van der Waals surface area (Å²) in [7, 11) is 0. The summed E-state index contributed by atoms with van der Waals surface area (Å²) >= 11 is 1.58. The Bertz CT molecular complexity index is 577. The van der Waals surface area contributed by atoms with Gasteiger partial charge in [-0.1, -0.05) is 6.92 Å². The number of guanidine groups is 1. The Balaban J connectivity index is 2.53. The zero-order valence-electron chi connectivity index (χ0n) is 10.6. The molecule has 1 aromatic rings. The topological polar surface area (TPSA) is 98.5 Å². The average molecular weight is 277 g/mol. The molecule has 0 spiro atoms. The van der Waals surface area contributed by atoms with E-state index in [1.807, 2.05) is 6.92 Å². The van der Waals surface area contributed by atoms with Crippen LogP contribution < -0.4 is 11.5 Å². The van der Waals surface area contributed by atoms with Gasteiger partial charge in [0.2, 0.25) is 0 Å². The standard InChI is InChI=1S/C13H15N3O2S/c1-2-7-5-9-10(17)3-4-19-11(9)6-8(7)12(18)16-13(14)15/h5-6H,2-4H2,1H3,(H4,14,15,16,18). The summed E-state index contributed by atoms with van der Waals surface area (Å²) in [6.45, 7) is 1.93. The molecule has 1 aliphatic rings. The molecule has 6 heteroatoms. The molecular formula is C13H15N3O2S. The van der Waals surface area contributed by atoms with E-state index in [1.54, 1.807) is 23.9 Å². The van der Waals surface area contributed by atoms with Crippen LogP contribution in [0, 0.1) is 0 Å². The van der Waals surface area contributed by atoms with Crippen LogP contribution in [0.3, 0.4) is 0 Å². The molecule has 2 rings (SSSR count). The molecular weight excluding hydrogens is 262 g/mol. The van der Waals surface area contributed by atoms with Crippen LogP contribution in [0.5, 0.6) is 0 Å². The van der Waals surface area contributed by atoms with Gasteiger partial charge in [-0.05, 0) is 24.1 Å². The number of ketones is 1. The Labute approximate surface area is 115 Å². The Morgan fingerprint density at radius 3 is 2.79 bits per heavy atom. The summed E-state index contributed by atoms with van der Waals surface area (Å²) < 4.78 is 0. The third kappa shape index (κ3) is 2.78. The van der Waals surface area contributed by atoms with Gasteiger partial charge in [-0.25, -0.2) is 0 Å². The zero-order valence-corrected chi connectivity index (χ0v) is 11.4. The number of nitrogens with two attached hydrogens (primary N) is 2. The van der Waals surface area contributed by atoms with E-state index in [0.717, 1.165) is 16.2 Å². The van der Waals surface area contributed by atoms with Crippen molar-refractivity contribution in [3.05, 3.63) is 28.8 Å². The fourth-order valence-corrected chi connectivity index (χ4v) is 3.06. The van der Waals surface area contributed by atoms with Crippen molar-refractivity contribution in [2.75, 3.05) is 5.75 Å². The van der Waals surface area contributed by atoms with Gasteiger partial charge in [0.25, 0.3) is 5.91 Å². The number of carbonyl (C=O) groups is 2. The van der Waals surface area contributed by atoms with Gasteiger partial charge in [-0.15, -0.1) is 11.8 Å². The van der Waals surface area contributed by atoms with Gasteiger partial charge in [0, 0.05) is 28.2 Å². The molecule has 1 aliphatic heterocycles. The molecule has 0 saturated heterocycles. The third-order valence-corrected chi connectivity index (χ3v) is 3.99. The Kier molecular flexibility index (Phi) is 3.90. The van der Waals surface area contributed by atoms with E-state index >= 15 is 0 Å². The lowest BCUT2D eigenvalue weighted by molar-refractivity contribution is 0.0977. The van der Waals surface area contributed by atoms with Crippen molar-refractivity contribution in [3.63, 3.8) is 0 Å². The fraction of sp³-hybridized carbons (Fsp3) is 0.308. The van der Waals surface area contributed by atoms with Crippen LogP contribution in [0.4, 0.5) is 0 Å². The fourth-order valence-electron chi connectivity index (χ4n) is 2.02. The quantitative estimate of drug-likeness (QED) is 0.628. The number of aliphatic imine (C=N–C) groups is 1. The normalized spacial score (nSPS) is 13.8. The number of fused-ring (bicyclic) bond motifs is 1. The molecule has 0 unspecified atom stereocenters. The minimum Gasteiger partial charge on any atom is -0.370 e. The largest absolute Gasteiger partial charge is 0.370 e. The lowest BCUT2D eigenvalue weighted by Gasteiger charge is -2.17. The third-order valence-electron chi connectivity index (χ3n) is 2.93. The molecule has 1 heterocycles. The van der Waals surface area contributed by atoms with E-state index in [0.29, 0.717) is 24.0 Å². The van der Waals surface area contributed by atoms with Crippen molar-refractivity contribution in [2.24, 2.45) is 16.5 Å². The Morgan fingerprint density at radius 1 is 1.42 bits per heavy atom. The predicted octanol–water partition coefficient (Wildman–Crippen LogP) is 1.34. The van der Waals surface area contributed by atoms with Crippen molar-refractivity contribution >= 4 is 29.4 Å². The van der Waals surface area contributed by atoms with Crippen LogP contribution in [0.25, 0.3) is 0 Å².